The van der Waals surface area contributed by atoms with Crippen LogP contribution in [0.25, 0.3) is 0 Å². The second-order valence-corrected chi connectivity index (χ2v) is 6.63. The molecule has 2 aromatic rings. The monoisotopic (exact) mass is 317 g/mol. The summed E-state index contributed by atoms with van der Waals surface area (Å²) in [6.07, 6.45) is 4.58. The van der Waals surface area contributed by atoms with Gasteiger partial charge in [-0.2, -0.15) is 5.10 Å². The van der Waals surface area contributed by atoms with Crippen LogP contribution in [0.2, 0.25) is 5.02 Å². The smallest absolute Gasteiger partial charge is 0.124 e. The van der Waals surface area contributed by atoms with Gasteiger partial charge in [-0.15, -0.1) is 0 Å². The number of benzene rings is 1. The first-order chi connectivity index (χ1) is 10.7. The van der Waals surface area contributed by atoms with Crippen LogP contribution in [0.1, 0.15) is 36.9 Å². The molecule has 116 valence electrons. The van der Waals surface area contributed by atoms with Crippen LogP contribution in [0.4, 0.5) is 5.82 Å². The standard InChI is InChI=1S/C17H20ClN3O/c1-22-14-10-12(18)4-5-13(14)17(6-2-7-17)15-11-16-19-8-3-9-21(16)20-15/h4-5,10-11,19H,2-3,6-9H2,1H3. The molecule has 1 N–H and O–H groups in total. The molecule has 1 fully saturated rings. The lowest BCUT2D eigenvalue weighted by Crippen LogP contribution is -2.36. The summed E-state index contributed by atoms with van der Waals surface area (Å²) in [6.45, 7) is 2.03. The van der Waals surface area contributed by atoms with Crippen molar-refractivity contribution < 1.29 is 4.74 Å². The third-order valence-corrected chi connectivity index (χ3v) is 5.24. The van der Waals surface area contributed by atoms with Crippen LogP contribution in [0, 0.1) is 0 Å². The maximum atomic E-state index is 6.13. The fraction of sp³-hybridized carbons (Fsp3) is 0.471. The third kappa shape index (κ3) is 2.01. The number of hydrogen-bond donors (Lipinski definition) is 1. The third-order valence-electron chi connectivity index (χ3n) is 5.01. The number of anilines is 1. The Morgan fingerprint density at radius 2 is 2.14 bits per heavy atom. The maximum absolute atomic E-state index is 6.13. The van der Waals surface area contributed by atoms with Crippen LogP contribution < -0.4 is 10.1 Å². The number of nitrogens with one attached hydrogen (secondary N) is 1. The molecule has 5 heteroatoms. The molecule has 2 aliphatic rings. The number of nitrogens with zero attached hydrogens (tertiary/aromatic N) is 2. The SMILES string of the molecule is COc1cc(Cl)ccc1C1(c2cc3n(n2)CCCN3)CCC1. The molecule has 0 spiro atoms. The molecule has 1 aromatic carbocycles. The maximum Gasteiger partial charge on any atom is 0.124 e. The van der Waals surface area contributed by atoms with Crippen molar-refractivity contribution in [1.82, 2.24) is 9.78 Å². The summed E-state index contributed by atoms with van der Waals surface area (Å²) in [4.78, 5) is 0. The Morgan fingerprint density at radius 1 is 1.27 bits per heavy atom. The minimum Gasteiger partial charge on any atom is -0.496 e. The molecule has 1 aromatic heterocycles. The van der Waals surface area contributed by atoms with Crippen LogP contribution in [0.5, 0.6) is 5.75 Å². The number of aromatic nitrogens is 2. The van der Waals surface area contributed by atoms with Crippen molar-refractivity contribution in [2.24, 2.45) is 0 Å². The van der Waals surface area contributed by atoms with Gasteiger partial charge in [0.05, 0.1) is 12.8 Å². The summed E-state index contributed by atoms with van der Waals surface area (Å²) in [7, 11) is 1.71. The first-order valence-electron chi connectivity index (χ1n) is 7.89. The topological polar surface area (TPSA) is 39.1 Å². The number of ether oxygens (including phenoxy) is 1. The van der Waals surface area contributed by atoms with Gasteiger partial charge in [0.1, 0.15) is 11.6 Å². The van der Waals surface area contributed by atoms with Crippen LogP contribution in [0.3, 0.4) is 0 Å². The summed E-state index contributed by atoms with van der Waals surface area (Å²) >= 11 is 6.13. The molecule has 1 aliphatic heterocycles. The molecule has 0 unspecified atom stereocenters. The minimum atomic E-state index is -0.0258. The first-order valence-corrected chi connectivity index (χ1v) is 8.27. The van der Waals surface area contributed by atoms with E-state index in [9.17, 15) is 0 Å². The molecule has 0 radical (unpaired) electrons. The second-order valence-electron chi connectivity index (χ2n) is 6.20. The van der Waals surface area contributed by atoms with Crippen molar-refractivity contribution >= 4 is 17.4 Å². The number of hydrogen-bond acceptors (Lipinski definition) is 3. The van der Waals surface area contributed by atoms with Crippen molar-refractivity contribution in [1.29, 1.82) is 0 Å². The Bertz CT molecular complexity index is 682. The molecule has 0 saturated heterocycles. The van der Waals surface area contributed by atoms with E-state index in [1.807, 2.05) is 12.1 Å². The quantitative estimate of drug-likeness (QED) is 0.935. The Labute approximate surface area is 135 Å². The highest BCUT2D eigenvalue weighted by atomic mass is 35.5. The number of methoxy groups -OCH3 is 1. The molecule has 1 saturated carbocycles. The van der Waals surface area contributed by atoms with Crippen molar-refractivity contribution in [2.45, 2.75) is 37.6 Å². The summed E-state index contributed by atoms with van der Waals surface area (Å²) in [5, 5.41) is 9.03. The average molecular weight is 318 g/mol. The van der Waals surface area contributed by atoms with Gasteiger partial charge in [0, 0.05) is 35.2 Å². The van der Waals surface area contributed by atoms with Gasteiger partial charge < -0.3 is 10.1 Å². The van der Waals surface area contributed by atoms with Crippen LogP contribution in [0.15, 0.2) is 24.3 Å². The Morgan fingerprint density at radius 3 is 2.82 bits per heavy atom. The molecule has 0 amide bonds. The lowest BCUT2D eigenvalue weighted by atomic mass is 9.62. The van der Waals surface area contributed by atoms with E-state index in [0.29, 0.717) is 5.02 Å². The van der Waals surface area contributed by atoms with Gasteiger partial charge in [-0.1, -0.05) is 24.1 Å². The van der Waals surface area contributed by atoms with Crippen molar-refractivity contribution in [3.05, 3.63) is 40.5 Å². The van der Waals surface area contributed by atoms with E-state index in [4.69, 9.17) is 21.4 Å². The van der Waals surface area contributed by atoms with Crippen molar-refractivity contribution in [2.75, 3.05) is 19.0 Å². The van der Waals surface area contributed by atoms with E-state index < -0.39 is 0 Å². The van der Waals surface area contributed by atoms with Crippen LogP contribution >= 0.6 is 11.6 Å². The Balaban J connectivity index is 1.81. The van der Waals surface area contributed by atoms with Crippen LogP contribution in [-0.4, -0.2) is 23.4 Å². The molecule has 2 heterocycles. The van der Waals surface area contributed by atoms with Gasteiger partial charge >= 0.3 is 0 Å². The molecular weight excluding hydrogens is 298 g/mol. The number of halogens is 1. The van der Waals surface area contributed by atoms with E-state index in [0.717, 1.165) is 49.6 Å². The first kappa shape index (κ1) is 13.9. The van der Waals surface area contributed by atoms with Gasteiger partial charge in [0.2, 0.25) is 0 Å². The minimum absolute atomic E-state index is 0.0258. The lowest BCUT2D eigenvalue weighted by Gasteiger charge is -2.41. The summed E-state index contributed by atoms with van der Waals surface area (Å²) in [5.41, 5.74) is 2.34. The van der Waals surface area contributed by atoms with E-state index >= 15 is 0 Å². The zero-order valence-corrected chi connectivity index (χ0v) is 13.5. The number of fused-ring (bicyclic) bond motifs is 1. The zero-order valence-electron chi connectivity index (χ0n) is 12.7. The van der Waals surface area contributed by atoms with Gasteiger partial charge in [-0.3, -0.25) is 0 Å². The predicted molar refractivity (Wildman–Crippen MR) is 88.0 cm³/mol. The summed E-state index contributed by atoms with van der Waals surface area (Å²) < 4.78 is 7.70. The van der Waals surface area contributed by atoms with Gasteiger partial charge in [0.15, 0.2) is 0 Å². The molecule has 4 nitrogen and oxygen atoms in total. The Kier molecular flexibility index (Phi) is 3.30. The number of rotatable bonds is 3. The average Bonchev–Trinajstić information content (AvgIpc) is 2.91. The summed E-state index contributed by atoms with van der Waals surface area (Å²) in [5.74, 6) is 2.01. The highest BCUT2D eigenvalue weighted by molar-refractivity contribution is 6.30. The largest absolute Gasteiger partial charge is 0.496 e. The van der Waals surface area contributed by atoms with Gasteiger partial charge in [0.25, 0.3) is 0 Å². The predicted octanol–water partition coefficient (Wildman–Crippen LogP) is 3.83. The van der Waals surface area contributed by atoms with Crippen molar-refractivity contribution in [3.63, 3.8) is 0 Å². The van der Waals surface area contributed by atoms with Gasteiger partial charge in [-0.05, 0) is 31.4 Å². The molecule has 4 rings (SSSR count). The molecule has 22 heavy (non-hydrogen) atoms. The van der Waals surface area contributed by atoms with E-state index in [2.05, 4.69) is 22.1 Å². The fourth-order valence-corrected chi connectivity index (χ4v) is 3.82. The van der Waals surface area contributed by atoms with E-state index in [-0.39, 0.29) is 5.41 Å². The van der Waals surface area contributed by atoms with E-state index in [1.165, 1.54) is 12.0 Å². The second kappa shape index (κ2) is 5.20. The van der Waals surface area contributed by atoms with Gasteiger partial charge in [-0.25, -0.2) is 4.68 Å². The summed E-state index contributed by atoms with van der Waals surface area (Å²) in [6, 6.07) is 8.18. The lowest BCUT2D eigenvalue weighted by molar-refractivity contribution is 0.278. The van der Waals surface area contributed by atoms with Crippen LogP contribution in [-0.2, 0) is 12.0 Å². The fourth-order valence-electron chi connectivity index (χ4n) is 3.66. The highest BCUT2D eigenvalue weighted by Gasteiger charge is 2.44. The Hall–Kier alpha value is -1.68. The number of aryl methyl sites for hydroxylation is 1. The zero-order chi connectivity index (χ0) is 15.2. The normalized spacial score (nSPS) is 19.0. The van der Waals surface area contributed by atoms with Crippen molar-refractivity contribution in [3.8, 4) is 5.75 Å². The molecule has 0 bridgehead atoms. The molecule has 1 aliphatic carbocycles. The molecule has 0 atom stereocenters. The van der Waals surface area contributed by atoms with E-state index in [1.54, 1.807) is 7.11 Å². The highest BCUT2D eigenvalue weighted by Crippen LogP contribution is 2.52. The molecular formula is C17H20ClN3O.